The van der Waals surface area contributed by atoms with Crippen LogP contribution in [0, 0.1) is 0 Å². The minimum absolute atomic E-state index is 0.174. The molecule has 0 saturated heterocycles. The Balaban J connectivity index is 2.47. The summed E-state index contributed by atoms with van der Waals surface area (Å²) in [6.45, 7) is 2.52. The second kappa shape index (κ2) is 6.47. The van der Waals surface area contributed by atoms with Crippen molar-refractivity contribution in [1.82, 2.24) is 4.90 Å². The van der Waals surface area contributed by atoms with Gasteiger partial charge >= 0.3 is 6.09 Å². The number of nitrogens with one attached hydrogen (secondary N) is 1. The van der Waals surface area contributed by atoms with Gasteiger partial charge in [-0.05, 0) is 33.2 Å². The third-order valence-electron chi connectivity index (χ3n) is 2.04. The number of anilines is 1. The highest BCUT2D eigenvalue weighted by molar-refractivity contribution is 6.33. The van der Waals surface area contributed by atoms with Crippen LogP contribution in [0.4, 0.5) is 10.5 Å². The number of hydrogen-bond donors (Lipinski definition) is 1. The molecule has 4 nitrogen and oxygen atoms in total. The molecular formula is C12H17ClN2O2. The Kier molecular flexibility index (Phi) is 5.25. The first kappa shape index (κ1) is 13.8. The Hall–Kier alpha value is -1.26. The van der Waals surface area contributed by atoms with Crippen LogP contribution >= 0.6 is 11.6 Å². The normalized spacial score (nSPS) is 12.3. The molecule has 1 amide bonds. The SMILES string of the molecule is C[C@@H](CN(C)C)OC(=O)Nc1ccccc1Cl. The van der Waals surface area contributed by atoms with Crippen molar-refractivity contribution < 1.29 is 9.53 Å². The number of para-hydroxylation sites is 1. The van der Waals surface area contributed by atoms with E-state index in [2.05, 4.69) is 5.32 Å². The van der Waals surface area contributed by atoms with Crippen molar-refractivity contribution >= 4 is 23.4 Å². The molecule has 1 aromatic carbocycles. The number of ether oxygens (including phenoxy) is 1. The van der Waals surface area contributed by atoms with Gasteiger partial charge in [0.15, 0.2) is 0 Å². The third kappa shape index (κ3) is 5.06. The minimum atomic E-state index is -0.493. The largest absolute Gasteiger partial charge is 0.445 e. The van der Waals surface area contributed by atoms with E-state index in [-0.39, 0.29) is 6.10 Å². The van der Waals surface area contributed by atoms with Crippen molar-refractivity contribution in [3.05, 3.63) is 29.3 Å². The number of amides is 1. The van der Waals surface area contributed by atoms with Crippen molar-refractivity contribution in [3.8, 4) is 0 Å². The van der Waals surface area contributed by atoms with Crippen LogP contribution in [-0.4, -0.2) is 37.7 Å². The molecule has 0 unspecified atom stereocenters. The van der Waals surface area contributed by atoms with Crippen LogP contribution in [0.15, 0.2) is 24.3 Å². The van der Waals surface area contributed by atoms with Gasteiger partial charge in [-0.2, -0.15) is 0 Å². The third-order valence-corrected chi connectivity index (χ3v) is 2.37. The van der Waals surface area contributed by atoms with E-state index in [4.69, 9.17) is 16.3 Å². The molecule has 17 heavy (non-hydrogen) atoms. The fourth-order valence-electron chi connectivity index (χ4n) is 1.44. The fourth-order valence-corrected chi connectivity index (χ4v) is 1.62. The summed E-state index contributed by atoms with van der Waals surface area (Å²) in [5, 5.41) is 3.09. The molecule has 0 fully saturated rings. The lowest BCUT2D eigenvalue weighted by molar-refractivity contribution is 0.103. The molecule has 0 bridgehead atoms. The predicted octanol–water partition coefficient (Wildman–Crippen LogP) is 2.84. The highest BCUT2D eigenvalue weighted by Crippen LogP contribution is 2.20. The average Bonchev–Trinajstić information content (AvgIpc) is 2.19. The van der Waals surface area contributed by atoms with Gasteiger partial charge in [0, 0.05) is 6.54 Å². The van der Waals surface area contributed by atoms with Gasteiger partial charge in [-0.1, -0.05) is 23.7 Å². The molecule has 0 radical (unpaired) electrons. The maximum atomic E-state index is 11.5. The lowest BCUT2D eigenvalue weighted by atomic mass is 10.3. The van der Waals surface area contributed by atoms with Crippen molar-refractivity contribution in [2.45, 2.75) is 13.0 Å². The summed E-state index contributed by atoms with van der Waals surface area (Å²) < 4.78 is 5.17. The number of benzene rings is 1. The number of hydrogen-bond acceptors (Lipinski definition) is 3. The van der Waals surface area contributed by atoms with Crippen LogP contribution < -0.4 is 5.32 Å². The van der Waals surface area contributed by atoms with E-state index in [9.17, 15) is 4.79 Å². The summed E-state index contributed by atoms with van der Waals surface area (Å²) in [5.74, 6) is 0. The maximum absolute atomic E-state index is 11.5. The van der Waals surface area contributed by atoms with Crippen molar-refractivity contribution in [2.24, 2.45) is 0 Å². The van der Waals surface area contributed by atoms with Crippen molar-refractivity contribution in [2.75, 3.05) is 26.0 Å². The van der Waals surface area contributed by atoms with Gasteiger partial charge in [0.1, 0.15) is 6.10 Å². The quantitative estimate of drug-likeness (QED) is 0.901. The van der Waals surface area contributed by atoms with Gasteiger partial charge in [-0.3, -0.25) is 5.32 Å². The van der Waals surface area contributed by atoms with Gasteiger partial charge in [0.2, 0.25) is 0 Å². The van der Waals surface area contributed by atoms with Crippen molar-refractivity contribution in [3.63, 3.8) is 0 Å². The molecule has 1 aromatic rings. The molecule has 0 aromatic heterocycles. The van der Waals surface area contributed by atoms with Gasteiger partial charge in [0.05, 0.1) is 10.7 Å². The van der Waals surface area contributed by atoms with E-state index < -0.39 is 6.09 Å². The standard InChI is InChI=1S/C12H17ClN2O2/c1-9(8-15(2)3)17-12(16)14-11-7-5-4-6-10(11)13/h4-7,9H,8H2,1-3H3,(H,14,16)/t9-/m0/s1. The Morgan fingerprint density at radius 2 is 2.12 bits per heavy atom. The number of carbonyl (C=O) groups excluding carboxylic acids is 1. The molecule has 0 aliphatic carbocycles. The summed E-state index contributed by atoms with van der Waals surface area (Å²) in [7, 11) is 3.84. The summed E-state index contributed by atoms with van der Waals surface area (Å²) >= 11 is 5.91. The van der Waals surface area contributed by atoms with E-state index in [1.807, 2.05) is 25.9 Å². The average molecular weight is 257 g/mol. The lowest BCUT2D eigenvalue weighted by Gasteiger charge is -2.17. The summed E-state index contributed by atoms with van der Waals surface area (Å²) in [5.41, 5.74) is 0.552. The molecule has 0 aliphatic heterocycles. The summed E-state index contributed by atoms with van der Waals surface area (Å²) in [6.07, 6.45) is -0.667. The van der Waals surface area contributed by atoms with E-state index in [1.54, 1.807) is 24.3 Å². The van der Waals surface area contributed by atoms with Crippen LogP contribution in [-0.2, 0) is 4.74 Å². The Morgan fingerprint density at radius 1 is 1.47 bits per heavy atom. The molecule has 0 heterocycles. The topological polar surface area (TPSA) is 41.6 Å². The first-order valence-electron chi connectivity index (χ1n) is 5.36. The Morgan fingerprint density at radius 3 is 2.71 bits per heavy atom. The predicted molar refractivity (Wildman–Crippen MR) is 69.6 cm³/mol. The monoisotopic (exact) mass is 256 g/mol. The van der Waals surface area contributed by atoms with Crippen molar-refractivity contribution in [1.29, 1.82) is 0 Å². The number of likely N-dealkylation sites (N-methyl/N-ethyl adjacent to an activating group) is 1. The second-order valence-corrected chi connectivity index (χ2v) is 4.49. The van der Waals surface area contributed by atoms with E-state index in [0.29, 0.717) is 17.3 Å². The zero-order chi connectivity index (χ0) is 12.8. The highest BCUT2D eigenvalue weighted by atomic mass is 35.5. The zero-order valence-corrected chi connectivity index (χ0v) is 11.0. The molecule has 0 aliphatic rings. The zero-order valence-electron chi connectivity index (χ0n) is 10.2. The molecule has 5 heteroatoms. The van der Waals surface area contributed by atoms with Gasteiger partial charge in [-0.15, -0.1) is 0 Å². The number of nitrogens with zero attached hydrogens (tertiary/aromatic N) is 1. The van der Waals surface area contributed by atoms with Crippen LogP contribution in [0.25, 0.3) is 0 Å². The number of halogens is 1. The van der Waals surface area contributed by atoms with Crippen LogP contribution in [0.3, 0.4) is 0 Å². The molecule has 1 N–H and O–H groups in total. The fraction of sp³-hybridized carbons (Fsp3) is 0.417. The summed E-state index contributed by atoms with van der Waals surface area (Å²) in [6, 6.07) is 7.03. The molecule has 94 valence electrons. The molecule has 1 atom stereocenters. The first-order valence-corrected chi connectivity index (χ1v) is 5.73. The first-order chi connectivity index (χ1) is 7.99. The maximum Gasteiger partial charge on any atom is 0.411 e. The smallest absolute Gasteiger partial charge is 0.411 e. The van der Waals surface area contributed by atoms with Crippen LogP contribution in [0.1, 0.15) is 6.92 Å². The number of carbonyl (C=O) groups is 1. The van der Waals surface area contributed by atoms with E-state index in [1.165, 1.54) is 0 Å². The van der Waals surface area contributed by atoms with Gasteiger partial charge < -0.3 is 9.64 Å². The Labute approximate surface area is 107 Å². The number of rotatable bonds is 4. The lowest BCUT2D eigenvalue weighted by Crippen LogP contribution is -2.29. The van der Waals surface area contributed by atoms with Crippen LogP contribution in [0.5, 0.6) is 0 Å². The second-order valence-electron chi connectivity index (χ2n) is 4.08. The van der Waals surface area contributed by atoms with Gasteiger partial charge in [-0.25, -0.2) is 4.79 Å². The van der Waals surface area contributed by atoms with Crippen LogP contribution in [0.2, 0.25) is 5.02 Å². The highest BCUT2D eigenvalue weighted by Gasteiger charge is 2.11. The minimum Gasteiger partial charge on any atom is -0.445 e. The summed E-state index contributed by atoms with van der Waals surface area (Å²) in [4.78, 5) is 13.5. The van der Waals surface area contributed by atoms with E-state index in [0.717, 1.165) is 0 Å². The molecular weight excluding hydrogens is 240 g/mol. The van der Waals surface area contributed by atoms with Gasteiger partial charge in [0.25, 0.3) is 0 Å². The Bertz CT molecular complexity index is 383. The molecule has 1 rings (SSSR count). The molecule has 0 saturated carbocycles. The molecule has 0 spiro atoms. The van der Waals surface area contributed by atoms with E-state index >= 15 is 0 Å².